The van der Waals surface area contributed by atoms with E-state index in [2.05, 4.69) is 23.0 Å². The molecule has 14 heavy (non-hydrogen) atoms. The molecule has 2 rings (SSSR count). The summed E-state index contributed by atoms with van der Waals surface area (Å²) in [5.41, 5.74) is 3.45. The molecule has 0 fully saturated rings. The summed E-state index contributed by atoms with van der Waals surface area (Å²) in [7, 11) is 0. The van der Waals surface area contributed by atoms with E-state index >= 15 is 0 Å². The van der Waals surface area contributed by atoms with Crippen molar-refractivity contribution in [3.8, 4) is 0 Å². The molecule has 0 aromatic carbocycles. The number of hydrogen-bond acceptors (Lipinski definition) is 2. The highest BCUT2D eigenvalue weighted by Crippen LogP contribution is 2.23. The lowest BCUT2D eigenvalue weighted by atomic mass is 10.1. The Bertz CT molecular complexity index is 351. The second kappa shape index (κ2) is 5.32. The van der Waals surface area contributed by atoms with Gasteiger partial charge in [0.2, 0.25) is 0 Å². The summed E-state index contributed by atoms with van der Waals surface area (Å²) in [6.07, 6.45) is 8.63. The first-order valence-corrected chi connectivity index (χ1v) is 5.00. The lowest BCUT2D eigenvalue weighted by molar-refractivity contribution is 1.30. The van der Waals surface area contributed by atoms with E-state index in [-0.39, 0.29) is 0 Å². The third-order valence-corrected chi connectivity index (χ3v) is 1.87. The molecule has 0 aliphatic carbocycles. The molecule has 0 atom stereocenters. The van der Waals surface area contributed by atoms with Gasteiger partial charge in [0.25, 0.3) is 0 Å². The molecule has 0 bridgehead atoms. The molecule has 1 aliphatic heterocycles. The molecule has 0 saturated heterocycles. The van der Waals surface area contributed by atoms with E-state index in [0.717, 1.165) is 17.7 Å². The van der Waals surface area contributed by atoms with Crippen LogP contribution in [0.5, 0.6) is 0 Å². The molecule has 1 aromatic rings. The predicted octanol–water partition coefficient (Wildman–Crippen LogP) is 3.62. The first-order valence-electron chi connectivity index (χ1n) is 5.00. The van der Waals surface area contributed by atoms with Crippen molar-refractivity contribution in [1.29, 1.82) is 0 Å². The Morgan fingerprint density at radius 3 is 2.86 bits per heavy atom. The Hall–Kier alpha value is -1.44. The van der Waals surface area contributed by atoms with Gasteiger partial charge in [0, 0.05) is 30.6 Å². The summed E-state index contributed by atoms with van der Waals surface area (Å²) in [5, 5.41) is 0. The zero-order chi connectivity index (χ0) is 10.4. The van der Waals surface area contributed by atoms with Crippen LogP contribution in [0, 0.1) is 0 Å². The van der Waals surface area contributed by atoms with Crippen LogP contribution >= 0.6 is 0 Å². The lowest BCUT2D eigenvalue weighted by Crippen LogP contribution is -1.76. The van der Waals surface area contributed by atoms with Crippen molar-refractivity contribution in [2.75, 3.05) is 0 Å². The number of hydrogen-bond donors (Lipinski definition) is 0. The van der Waals surface area contributed by atoms with E-state index in [1.54, 1.807) is 6.20 Å². The Morgan fingerprint density at radius 2 is 2.07 bits per heavy atom. The van der Waals surface area contributed by atoms with Crippen molar-refractivity contribution in [1.82, 2.24) is 4.98 Å². The molecule has 0 N–H and O–H groups in total. The van der Waals surface area contributed by atoms with Gasteiger partial charge in [-0.3, -0.25) is 9.98 Å². The highest BCUT2D eigenvalue weighted by Gasteiger charge is 2.00. The van der Waals surface area contributed by atoms with E-state index in [1.807, 2.05) is 32.3 Å². The summed E-state index contributed by atoms with van der Waals surface area (Å²) in [4.78, 5) is 8.38. The van der Waals surface area contributed by atoms with Crippen molar-refractivity contribution in [3.63, 3.8) is 0 Å². The van der Waals surface area contributed by atoms with Crippen molar-refractivity contribution in [3.05, 3.63) is 29.6 Å². The predicted molar refractivity (Wildman–Crippen MR) is 62.0 cm³/mol. The van der Waals surface area contributed by atoms with Crippen LogP contribution in [-0.2, 0) is 0 Å². The molecular weight excluding hydrogens is 172 g/mol. The van der Waals surface area contributed by atoms with Crippen LogP contribution in [-0.4, -0.2) is 11.2 Å². The van der Waals surface area contributed by atoms with Gasteiger partial charge in [-0.1, -0.05) is 25.5 Å². The second-order valence-electron chi connectivity index (χ2n) is 2.94. The molecule has 0 spiro atoms. The molecular formula is C12H16N2. The van der Waals surface area contributed by atoms with Gasteiger partial charge in [-0.05, 0) is 13.0 Å². The molecule has 74 valence electrons. The van der Waals surface area contributed by atoms with E-state index in [9.17, 15) is 0 Å². The normalized spacial score (nSPS) is 13.2. The summed E-state index contributed by atoms with van der Waals surface area (Å²) in [5.74, 6) is 0. The fourth-order valence-electron chi connectivity index (χ4n) is 1.24. The average Bonchev–Trinajstić information content (AvgIpc) is 2.41. The topological polar surface area (TPSA) is 25.2 Å². The SMILES string of the molecule is CC.CC1=Cc2cnccc2N=CC1. The van der Waals surface area contributed by atoms with E-state index < -0.39 is 0 Å². The Kier molecular flexibility index (Phi) is 4.05. The minimum atomic E-state index is 0.939. The van der Waals surface area contributed by atoms with Crippen LogP contribution in [0.15, 0.2) is 29.0 Å². The fourth-order valence-corrected chi connectivity index (χ4v) is 1.24. The van der Waals surface area contributed by atoms with Gasteiger partial charge in [0.15, 0.2) is 0 Å². The van der Waals surface area contributed by atoms with Crippen molar-refractivity contribution >= 4 is 18.0 Å². The highest BCUT2D eigenvalue weighted by molar-refractivity contribution is 5.76. The van der Waals surface area contributed by atoms with Crippen LogP contribution < -0.4 is 0 Å². The Balaban J connectivity index is 0.000000461. The van der Waals surface area contributed by atoms with Crippen LogP contribution in [0.4, 0.5) is 5.69 Å². The maximum absolute atomic E-state index is 4.32. The number of aromatic nitrogens is 1. The molecule has 2 heteroatoms. The van der Waals surface area contributed by atoms with Crippen LogP contribution in [0.1, 0.15) is 32.8 Å². The first-order chi connectivity index (χ1) is 6.86. The van der Waals surface area contributed by atoms with Gasteiger partial charge in [0.1, 0.15) is 0 Å². The Labute approximate surface area is 85.4 Å². The first kappa shape index (κ1) is 10.6. The number of aliphatic imine (C=N–C) groups is 1. The summed E-state index contributed by atoms with van der Waals surface area (Å²) in [6, 6.07) is 1.93. The summed E-state index contributed by atoms with van der Waals surface area (Å²) >= 11 is 0. The van der Waals surface area contributed by atoms with E-state index in [0.29, 0.717) is 0 Å². The maximum Gasteiger partial charge on any atom is 0.0728 e. The van der Waals surface area contributed by atoms with E-state index in [4.69, 9.17) is 0 Å². The lowest BCUT2D eigenvalue weighted by Gasteiger charge is -1.96. The third kappa shape index (κ3) is 2.52. The molecule has 2 nitrogen and oxygen atoms in total. The molecule has 0 amide bonds. The van der Waals surface area contributed by atoms with Gasteiger partial charge in [-0.25, -0.2) is 0 Å². The van der Waals surface area contributed by atoms with Crippen molar-refractivity contribution < 1.29 is 0 Å². The summed E-state index contributed by atoms with van der Waals surface area (Å²) < 4.78 is 0. The number of allylic oxidation sites excluding steroid dienone is 1. The molecule has 0 unspecified atom stereocenters. The standard InChI is InChI=1S/C10H10N2.C2H6/c1-8-2-5-12-10-3-4-11-7-9(10)6-8;1-2/h3-7H,2H2,1H3;1-2H3. The summed E-state index contributed by atoms with van der Waals surface area (Å²) in [6.45, 7) is 6.11. The monoisotopic (exact) mass is 188 g/mol. The second-order valence-corrected chi connectivity index (χ2v) is 2.94. The quantitative estimate of drug-likeness (QED) is 0.610. The smallest absolute Gasteiger partial charge is 0.0728 e. The van der Waals surface area contributed by atoms with Gasteiger partial charge < -0.3 is 0 Å². The third-order valence-electron chi connectivity index (χ3n) is 1.87. The van der Waals surface area contributed by atoms with Gasteiger partial charge in [0.05, 0.1) is 5.69 Å². The molecule has 1 aromatic heterocycles. The van der Waals surface area contributed by atoms with Gasteiger partial charge in [-0.15, -0.1) is 0 Å². The zero-order valence-electron chi connectivity index (χ0n) is 8.99. The molecule has 2 heterocycles. The number of rotatable bonds is 0. The zero-order valence-corrected chi connectivity index (χ0v) is 8.99. The minimum Gasteiger partial charge on any atom is -0.264 e. The van der Waals surface area contributed by atoms with Crippen molar-refractivity contribution in [2.24, 2.45) is 4.99 Å². The number of pyridine rings is 1. The number of fused-ring (bicyclic) bond motifs is 1. The highest BCUT2D eigenvalue weighted by atomic mass is 14.7. The molecule has 0 radical (unpaired) electrons. The molecule has 0 saturated carbocycles. The van der Waals surface area contributed by atoms with Gasteiger partial charge in [-0.2, -0.15) is 0 Å². The Morgan fingerprint density at radius 1 is 1.29 bits per heavy atom. The van der Waals surface area contributed by atoms with Gasteiger partial charge >= 0.3 is 0 Å². The van der Waals surface area contributed by atoms with E-state index in [1.165, 1.54) is 5.57 Å². The minimum absolute atomic E-state index is 0.939. The fraction of sp³-hybridized carbons (Fsp3) is 0.333. The average molecular weight is 188 g/mol. The van der Waals surface area contributed by atoms with Crippen LogP contribution in [0.25, 0.3) is 6.08 Å². The number of nitrogens with zero attached hydrogens (tertiary/aromatic N) is 2. The largest absolute Gasteiger partial charge is 0.264 e. The van der Waals surface area contributed by atoms with Crippen LogP contribution in [0.3, 0.4) is 0 Å². The van der Waals surface area contributed by atoms with Crippen LogP contribution in [0.2, 0.25) is 0 Å². The van der Waals surface area contributed by atoms with Crippen molar-refractivity contribution in [2.45, 2.75) is 27.2 Å². The maximum atomic E-state index is 4.32. The molecule has 1 aliphatic rings.